The van der Waals surface area contributed by atoms with E-state index < -0.39 is 76.1 Å². The summed E-state index contributed by atoms with van der Waals surface area (Å²) in [5.41, 5.74) is -2.20. The van der Waals surface area contributed by atoms with E-state index in [1.165, 1.54) is 11.0 Å². The highest BCUT2D eigenvalue weighted by molar-refractivity contribution is 6.19. The summed E-state index contributed by atoms with van der Waals surface area (Å²) in [7, 11) is 0. The minimum Gasteiger partial charge on any atom is -0.443 e. The van der Waals surface area contributed by atoms with Crippen molar-refractivity contribution < 1.29 is 45.5 Å². The van der Waals surface area contributed by atoms with Gasteiger partial charge in [-0.3, -0.25) is 9.59 Å². The van der Waals surface area contributed by atoms with Gasteiger partial charge in [0.05, 0.1) is 30.7 Å². The average molecular weight is 553 g/mol. The SMILES string of the molecule is O=C1N=CN(Cc2c(F)cc(F)cc2F)C2CC=C(Oc3ncc(N4C(=O)CNC4=O)cc3C(F)(F)F)CC12. The highest BCUT2D eigenvalue weighted by Gasteiger charge is 2.41. The van der Waals surface area contributed by atoms with Crippen LogP contribution in [0.3, 0.4) is 0 Å². The third kappa shape index (κ3) is 5.03. The van der Waals surface area contributed by atoms with Crippen LogP contribution >= 0.6 is 0 Å². The van der Waals surface area contributed by atoms with Crippen molar-refractivity contribution in [2.75, 3.05) is 11.4 Å². The number of imide groups is 1. The Bertz CT molecular complexity index is 1400. The Morgan fingerprint density at radius 2 is 1.79 bits per heavy atom. The van der Waals surface area contributed by atoms with E-state index in [2.05, 4.69) is 15.3 Å². The lowest BCUT2D eigenvalue weighted by molar-refractivity contribution is -0.139. The van der Waals surface area contributed by atoms with E-state index in [0.29, 0.717) is 23.1 Å². The number of alkyl halides is 3. The molecule has 9 nitrogen and oxygen atoms in total. The first kappa shape index (κ1) is 26.2. The number of pyridine rings is 1. The minimum atomic E-state index is -4.97. The number of ether oxygens (including phenoxy) is 1. The first-order valence-electron chi connectivity index (χ1n) is 11.4. The largest absolute Gasteiger partial charge is 0.443 e. The molecule has 204 valence electrons. The summed E-state index contributed by atoms with van der Waals surface area (Å²) in [6, 6.07) is 0.0599. The van der Waals surface area contributed by atoms with E-state index in [4.69, 9.17) is 4.74 Å². The minimum absolute atomic E-state index is 0.0264. The standard InChI is InChI=1S/C24H17F6N5O4/c25-11-3-17(26)15(18(27)4-11)9-34-10-33-21(37)14-6-13(1-2-19(14)34)39-22-16(24(28,29)30)5-12(7-31-22)35-20(36)8-32-23(35)38/h1,3-5,7,10,14,19H,2,6,8-9H2,(H,32,38). The molecule has 1 aliphatic carbocycles. The quantitative estimate of drug-likeness (QED) is 0.448. The molecule has 2 unspecified atom stereocenters. The lowest BCUT2D eigenvalue weighted by atomic mass is 9.85. The number of hydrogen-bond donors (Lipinski definition) is 1. The molecule has 0 radical (unpaired) electrons. The van der Waals surface area contributed by atoms with Gasteiger partial charge in [-0.2, -0.15) is 13.2 Å². The number of hydrogen-bond acceptors (Lipinski definition) is 6. The van der Waals surface area contributed by atoms with Crippen molar-refractivity contribution >= 4 is 29.9 Å². The fraction of sp³-hybridized carbons (Fsp3) is 0.292. The van der Waals surface area contributed by atoms with E-state index in [1.54, 1.807) is 0 Å². The van der Waals surface area contributed by atoms with Gasteiger partial charge in [0.25, 0.3) is 11.8 Å². The molecule has 1 aromatic heterocycles. The summed E-state index contributed by atoms with van der Waals surface area (Å²) < 4.78 is 88.6. The van der Waals surface area contributed by atoms with Crippen LogP contribution in [0.15, 0.2) is 41.2 Å². The molecular weight excluding hydrogens is 536 g/mol. The number of aromatic nitrogens is 1. The zero-order chi connectivity index (χ0) is 28.1. The molecule has 2 aromatic rings. The van der Waals surface area contributed by atoms with Crippen LogP contribution in [0.5, 0.6) is 5.88 Å². The first-order valence-corrected chi connectivity index (χ1v) is 11.4. The summed E-state index contributed by atoms with van der Waals surface area (Å²) >= 11 is 0. The zero-order valence-electron chi connectivity index (χ0n) is 19.6. The maximum atomic E-state index is 14.2. The third-order valence-electron chi connectivity index (χ3n) is 6.47. The van der Waals surface area contributed by atoms with Gasteiger partial charge in [0, 0.05) is 36.7 Å². The Labute approximate surface area is 215 Å². The van der Waals surface area contributed by atoms with Gasteiger partial charge in [0.2, 0.25) is 5.88 Å². The molecule has 1 fully saturated rings. The molecular formula is C24H17F6N5O4. The summed E-state index contributed by atoms with van der Waals surface area (Å²) in [6.07, 6.45) is -1.71. The van der Waals surface area contributed by atoms with Crippen LogP contribution in [0.1, 0.15) is 24.0 Å². The molecule has 3 aliphatic rings. The summed E-state index contributed by atoms with van der Waals surface area (Å²) in [5.74, 6) is -6.50. The molecule has 2 atom stereocenters. The van der Waals surface area contributed by atoms with Gasteiger partial charge < -0.3 is 15.0 Å². The molecule has 1 N–H and O–H groups in total. The number of halogens is 6. The molecule has 0 spiro atoms. The number of rotatable bonds is 5. The predicted octanol–water partition coefficient (Wildman–Crippen LogP) is 3.69. The zero-order valence-corrected chi connectivity index (χ0v) is 19.6. The third-order valence-corrected chi connectivity index (χ3v) is 6.47. The van der Waals surface area contributed by atoms with Gasteiger partial charge in [0.15, 0.2) is 0 Å². The number of carbonyl (C=O) groups is 3. The van der Waals surface area contributed by atoms with Crippen molar-refractivity contribution in [1.82, 2.24) is 15.2 Å². The maximum absolute atomic E-state index is 14.2. The number of benzene rings is 1. The van der Waals surface area contributed by atoms with Crippen molar-refractivity contribution in [3.05, 3.63) is 64.8 Å². The van der Waals surface area contributed by atoms with Gasteiger partial charge in [-0.25, -0.2) is 32.8 Å². The first-order chi connectivity index (χ1) is 18.4. The van der Waals surface area contributed by atoms with E-state index in [-0.39, 0.29) is 31.7 Å². The number of aliphatic imine (C=N–C) groups is 1. The number of carbonyl (C=O) groups excluding carboxylic acids is 3. The molecule has 1 aromatic carbocycles. The maximum Gasteiger partial charge on any atom is 0.421 e. The molecule has 1 saturated heterocycles. The van der Waals surface area contributed by atoms with Gasteiger partial charge in [-0.15, -0.1) is 0 Å². The second-order valence-corrected chi connectivity index (χ2v) is 8.92. The second-order valence-electron chi connectivity index (χ2n) is 8.92. The number of allylic oxidation sites excluding steroid dienone is 1. The Morgan fingerprint density at radius 3 is 2.44 bits per heavy atom. The fourth-order valence-corrected chi connectivity index (χ4v) is 4.59. The number of anilines is 1. The Balaban J connectivity index is 1.38. The van der Waals surface area contributed by atoms with E-state index in [0.717, 1.165) is 12.5 Å². The van der Waals surface area contributed by atoms with Crippen LogP contribution in [0.25, 0.3) is 0 Å². The van der Waals surface area contributed by atoms with Crippen molar-refractivity contribution in [1.29, 1.82) is 0 Å². The average Bonchev–Trinajstić information content (AvgIpc) is 3.20. The molecule has 3 heterocycles. The van der Waals surface area contributed by atoms with Gasteiger partial charge >= 0.3 is 12.2 Å². The summed E-state index contributed by atoms with van der Waals surface area (Å²) in [4.78, 5) is 45.6. The fourth-order valence-electron chi connectivity index (χ4n) is 4.59. The van der Waals surface area contributed by atoms with Crippen molar-refractivity contribution in [3.63, 3.8) is 0 Å². The monoisotopic (exact) mass is 553 g/mol. The summed E-state index contributed by atoms with van der Waals surface area (Å²) in [6.45, 7) is -0.744. The smallest absolute Gasteiger partial charge is 0.421 e. The molecule has 0 bridgehead atoms. The van der Waals surface area contributed by atoms with Gasteiger partial charge in [-0.05, 0) is 18.6 Å². The molecule has 5 rings (SSSR count). The van der Waals surface area contributed by atoms with E-state index in [9.17, 15) is 40.7 Å². The van der Waals surface area contributed by atoms with Crippen molar-refractivity contribution in [2.24, 2.45) is 10.9 Å². The topological polar surface area (TPSA) is 104 Å². The Kier molecular flexibility index (Phi) is 6.52. The van der Waals surface area contributed by atoms with Crippen LogP contribution in [0.2, 0.25) is 0 Å². The van der Waals surface area contributed by atoms with Gasteiger partial charge in [0.1, 0.15) is 28.8 Å². The lowest BCUT2D eigenvalue weighted by Crippen LogP contribution is -2.47. The van der Waals surface area contributed by atoms with Crippen LogP contribution in [-0.4, -0.2) is 46.7 Å². The highest BCUT2D eigenvalue weighted by atomic mass is 19.4. The van der Waals surface area contributed by atoms with Crippen LogP contribution in [0.4, 0.5) is 36.8 Å². The van der Waals surface area contributed by atoms with Gasteiger partial charge in [-0.1, -0.05) is 0 Å². The Morgan fingerprint density at radius 1 is 1.08 bits per heavy atom. The second kappa shape index (κ2) is 9.71. The number of nitrogens with zero attached hydrogens (tertiary/aromatic N) is 4. The molecule has 0 saturated carbocycles. The van der Waals surface area contributed by atoms with Crippen molar-refractivity contribution in [2.45, 2.75) is 31.6 Å². The molecule has 2 aliphatic heterocycles. The number of urea groups is 1. The van der Waals surface area contributed by atoms with Crippen LogP contribution in [-0.2, 0) is 22.3 Å². The van der Waals surface area contributed by atoms with Crippen LogP contribution in [0, 0.1) is 23.4 Å². The van der Waals surface area contributed by atoms with E-state index in [1.807, 2.05) is 0 Å². The highest BCUT2D eigenvalue weighted by Crippen LogP contribution is 2.40. The predicted molar refractivity (Wildman–Crippen MR) is 121 cm³/mol. The lowest BCUT2D eigenvalue weighted by Gasteiger charge is -2.39. The molecule has 4 amide bonds. The van der Waals surface area contributed by atoms with E-state index >= 15 is 0 Å². The Hall–Kier alpha value is -4.43. The summed E-state index contributed by atoms with van der Waals surface area (Å²) in [5, 5.41) is 2.20. The number of fused-ring (bicyclic) bond motifs is 1. The number of amides is 4. The van der Waals surface area contributed by atoms with Crippen molar-refractivity contribution in [3.8, 4) is 5.88 Å². The number of nitrogens with one attached hydrogen (secondary N) is 1. The normalized spacial score (nSPS) is 21.2. The molecule has 15 heteroatoms. The molecule has 39 heavy (non-hydrogen) atoms. The van der Waals surface area contributed by atoms with Crippen LogP contribution < -0.4 is 15.0 Å².